The predicted octanol–water partition coefficient (Wildman–Crippen LogP) is 0.854. The van der Waals surface area contributed by atoms with E-state index in [2.05, 4.69) is 0 Å². The number of aliphatic hydroxyl groups is 1. The molecule has 1 unspecified atom stereocenters. The van der Waals surface area contributed by atoms with Gasteiger partial charge in [0.2, 0.25) is 0 Å². The fraction of sp³-hybridized carbons (Fsp3) is 0.455. The molecule has 0 saturated heterocycles. The van der Waals surface area contributed by atoms with E-state index < -0.39 is 6.23 Å². The number of rotatable bonds is 0. The number of fused-ring (bicyclic) bond motifs is 1. The van der Waals surface area contributed by atoms with Crippen LogP contribution in [0.2, 0.25) is 0 Å². The molecule has 0 aliphatic carbocycles. The van der Waals surface area contributed by atoms with E-state index in [4.69, 9.17) is 5.73 Å². The molecule has 0 amide bonds. The van der Waals surface area contributed by atoms with Crippen molar-refractivity contribution in [3.05, 3.63) is 29.6 Å². The quantitative estimate of drug-likeness (QED) is 0.667. The van der Waals surface area contributed by atoms with E-state index in [-0.39, 0.29) is 11.9 Å². The molecular formula is C11H15FN2O. The van der Waals surface area contributed by atoms with Crippen LogP contribution in [0.5, 0.6) is 0 Å². The molecule has 3 nitrogen and oxygen atoms in total. The highest BCUT2D eigenvalue weighted by Gasteiger charge is 2.25. The molecule has 0 bridgehead atoms. The molecule has 0 aromatic heterocycles. The Morgan fingerprint density at radius 2 is 2.27 bits per heavy atom. The van der Waals surface area contributed by atoms with Gasteiger partial charge < -0.3 is 15.7 Å². The van der Waals surface area contributed by atoms with Crippen LogP contribution >= 0.6 is 0 Å². The zero-order valence-corrected chi connectivity index (χ0v) is 8.65. The summed E-state index contributed by atoms with van der Waals surface area (Å²) in [6, 6.07) is 4.35. The van der Waals surface area contributed by atoms with E-state index in [1.54, 1.807) is 18.0 Å². The molecule has 0 saturated carbocycles. The van der Waals surface area contributed by atoms with Crippen molar-refractivity contribution in [2.75, 3.05) is 11.9 Å². The third-order valence-electron chi connectivity index (χ3n) is 2.95. The lowest BCUT2D eigenvalue weighted by Crippen LogP contribution is -2.45. The molecule has 2 atom stereocenters. The van der Waals surface area contributed by atoms with Crippen LogP contribution in [0, 0.1) is 5.82 Å². The Kier molecular flexibility index (Phi) is 2.63. The van der Waals surface area contributed by atoms with Crippen molar-refractivity contribution in [3.8, 4) is 0 Å². The van der Waals surface area contributed by atoms with Gasteiger partial charge in [-0.15, -0.1) is 0 Å². The van der Waals surface area contributed by atoms with Crippen LogP contribution in [-0.2, 0) is 6.42 Å². The highest BCUT2D eigenvalue weighted by atomic mass is 19.1. The summed E-state index contributed by atoms with van der Waals surface area (Å²) in [7, 11) is 1.73. The van der Waals surface area contributed by atoms with Gasteiger partial charge in [0.1, 0.15) is 12.0 Å². The second-order valence-corrected chi connectivity index (χ2v) is 4.00. The topological polar surface area (TPSA) is 49.5 Å². The normalized spacial score (nSPS) is 26.0. The Labute approximate surface area is 88.3 Å². The zero-order chi connectivity index (χ0) is 11.0. The molecule has 2 rings (SSSR count). The summed E-state index contributed by atoms with van der Waals surface area (Å²) in [6.07, 6.45) is 0.746. The Balaban J connectivity index is 2.44. The second-order valence-electron chi connectivity index (χ2n) is 4.00. The highest BCUT2D eigenvalue weighted by molar-refractivity contribution is 5.55. The number of anilines is 1. The smallest absolute Gasteiger partial charge is 0.141 e. The molecule has 1 aromatic rings. The van der Waals surface area contributed by atoms with Crippen molar-refractivity contribution in [3.63, 3.8) is 0 Å². The van der Waals surface area contributed by atoms with Gasteiger partial charge in [-0.3, -0.25) is 0 Å². The van der Waals surface area contributed by atoms with Crippen molar-refractivity contribution >= 4 is 5.69 Å². The number of benzene rings is 1. The Bertz CT molecular complexity index is 370. The summed E-state index contributed by atoms with van der Waals surface area (Å²) >= 11 is 0. The number of aliphatic hydroxyl groups excluding tert-OH is 1. The van der Waals surface area contributed by atoms with Gasteiger partial charge in [0, 0.05) is 18.8 Å². The minimum absolute atomic E-state index is 0.287. The zero-order valence-electron chi connectivity index (χ0n) is 8.65. The van der Waals surface area contributed by atoms with Crippen molar-refractivity contribution in [2.24, 2.45) is 5.73 Å². The summed E-state index contributed by atoms with van der Waals surface area (Å²) in [5.41, 5.74) is 7.57. The molecule has 0 radical (unpaired) electrons. The molecular weight excluding hydrogens is 195 g/mol. The van der Waals surface area contributed by atoms with Crippen LogP contribution in [-0.4, -0.2) is 24.4 Å². The summed E-state index contributed by atoms with van der Waals surface area (Å²) in [4.78, 5) is 1.64. The van der Waals surface area contributed by atoms with Crippen molar-refractivity contribution in [2.45, 2.75) is 25.1 Å². The number of likely N-dealkylation sites (N-methyl/N-ethyl adjacent to an activating group) is 1. The van der Waals surface area contributed by atoms with E-state index >= 15 is 0 Å². The van der Waals surface area contributed by atoms with Gasteiger partial charge in [0.15, 0.2) is 0 Å². The fourth-order valence-electron chi connectivity index (χ4n) is 1.98. The molecule has 0 fully saturated rings. The van der Waals surface area contributed by atoms with Crippen LogP contribution in [0.4, 0.5) is 10.1 Å². The lowest BCUT2D eigenvalue weighted by Gasteiger charge is -2.28. The average Bonchev–Trinajstić information content (AvgIpc) is 2.32. The molecule has 4 heteroatoms. The first-order valence-corrected chi connectivity index (χ1v) is 5.04. The minimum Gasteiger partial charge on any atom is -0.372 e. The first kappa shape index (κ1) is 10.4. The summed E-state index contributed by atoms with van der Waals surface area (Å²) in [5.74, 6) is -0.289. The third kappa shape index (κ3) is 1.82. The molecule has 82 valence electrons. The Hall–Kier alpha value is -1.13. The van der Waals surface area contributed by atoms with Crippen molar-refractivity contribution < 1.29 is 9.50 Å². The fourth-order valence-corrected chi connectivity index (χ4v) is 1.98. The standard InChI is InChI=1S/C11H15FN2O/c1-14-10-6-8(12)4-2-7(10)3-5-9(13)11(14)15/h2,4,6,9,11,15H,3,5,13H2,1H3/t9-,11?/m1/s1. The Morgan fingerprint density at radius 3 is 3.00 bits per heavy atom. The van der Waals surface area contributed by atoms with Gasteiger partial charge in [-0.25, -0.2) is 4.39 Å². The van der Waals surface area contributed by atoms with E-state index in [9.17, 15) is 9.50 Å². The predicted molar refractivity (Wildman–Crippen MR) is 57.1 cm³/mol. The molecule has 3 N–H and O–H groups in total. The van der Waals surface area contributed by atoms with Crippen molar-refractivity contribution in [1.29, 1.82) is 0 Å². The van der Waals surface area contributed by atoms with E-state index in [1.165, 1.54) is 12.1 Å². The van der Waals surface area contributed by atoms with Crippen LogP contribution in [0.15, 0.2) is 18.2 Å². The van der Waals surface area contributed by atoms with Crippen LogP contribution < -0.4 is 10.6 Å². The SMILES string of the molecule is CN1c2cc(F)ccc2CC[C@@H](N)C1O. The van der Waals surface area contributed by atoms with Gasteiger partial charge in [-0.2, -0.15) is 0 Å². The number of nitrogens with zero attached hydrogens (tertiary/aromatic N) is 1. The molecule has 0 spiro atoms. The van der Waals surface area contributed by atoms with Crippen molar-refractivity contribution in [1.82, 2.24) is 0 Å². The minimum atomic E-state index is -0.743. The highest BCUT2D eigenvalue weighted by Crippen LogP contribution is 2.27. The maximum absolute atomic E-state index is 13.1. The van der Waals surface area contributed by atoms with Crippen LogP contribution in [0.25, 0.3) is 0 Å². The molecule has 1 aliphatic heterocycles. The Morgan fingerprint density at radius 1 is 1.53 bits per heavy atom. The van der Waals surface area contributed by atoms with E-state index in [0.717, 1.165) is 17.7 Å². The largest absolute Gasteiger partial charge is 0.372 e. The third-order valence-corrected chi connectivity index (χ3v) is 2.95. The number of hydrogen-bond acceptors (Lipinski definition) is 3. The van der Waals surface area contributed by atoms with Gasteiger partial charge in [0.25, 0.3) is 0 Å². The summed E-state index contributed by atoms with van der Waals surface area (Å²) < 4.78 is 13.1. The maximum Gasteiger partial charge on any atom is 0.141 e. The molecule has 15 heavy (non-hydrogen) atoms. The number of aryl methyl sites for hydroxylation is 1. The summed E-state index contributed by atoms with van der Waals surface area (Å²) in [6.45, 7) is 0. The molecule has 1 heterocycles. The maximum atomic E-state index is 13.1. The van der Waals surface area contributed by atoms with Gasteiger partial charge in [0.05, 0.1) is 0 Å². The first-order valence-electron chi connectivity index (χ1n) is 5.04. The van der Waals surface area contributed by atoms with E-state index in [0.29, 0.717) is 6.42 Å². The molecule has 1 aromatic carbocycles. The number of halogens is 1. The van der Waals surface area contributed by atoms with Crippen LogP contribution in [0.1, 0.15) is 12.0 Å². The van der Waals surface area contributed by atoms with Gasteiger partial charge >= 0.3 is 0 Å². The lowest BCUT2D eigenvalue weighted by atomic mass is 10.1. The van der Waals surface area contributed by atoms with Crippen LogP contribution in [0.3, 0.4) is 0 Å². The molecule has 1 aliphatic rings. The first-order chi connectivity index (χ1) is 7.09. The average molecular weight is 210 g/mol. The van der Waals surface area contributed by atoms with Gasteiger partial charge in [-0.05, 0) is 30.5 Å². The van der Waals surface area contributed by atoms with Gasteiger partial charge in [-0.1, -0.05) is 6.07 Å². The summed E-state index contributed by atoms with van der Waals surface area (Å²) in [5, 5.41) is 9.84. The number of hydrogen-bond donors (Lipinski definition) is 2. The lowest BCUT2D eigenvalue weighted by molar-refractivity contribution is 0.143. The van der Waals surface area contributed by atoms with E-state index in [1.807, 2.05) is 0 Å². The number of nitrogens with two attached hydrogens (primary N) is 1. The monoisotopic (exact) mass is 210 g/mol. The second kappa shape index (κ2) is 3.79.